The number of halogens is 1. The highest BCUT2D eigenvalue weighted by Crippen LogP contribution is 2.00. The first-order valence-electron chi connectivity index (χ1n) is 5.93. The molecule has 21 heavy (non-hydrogen) atoms. The predicted molar refractivity (Wildman–Crippen MR) is 78.1 cm³/mol. The Morgan fingerprint density at radius 3 is 2.90 bits per heavy atom. The molecule has 0 atom stereocenters. The summed E-state index contributed by atoms with van der Waals surface area (Å²) in [6.07, 6.45) is 1.25. The molecule has 0 unspecified atom stereocenters. The molecule has 2 rings (SSSR count). The van der Waals surface area contributed by atoms with Crippen LogP contribution in [0.2, 0.25) is 0 Å². The van der Waals surface area contributed by atoms with Gasteiger partial charge in [0.1, 0.15) is 5.82 Å². The summed E-state index contributed by atoms with van der Waals surface area (Å²) in [6.45, 7) is 0. The van der Waals surface area contributed by atoms with Gasteiger partial charge in [0, 0.05) is 11.8 Å². The van der Waals surface area contributed by atoms with Crippen LogP contribution in [0.15, 0.2) is 40.2 Å². The maximum Gasteiger partial charge on any atom is 0.251 e. The van der Waals surface area contributed by atoms with Crippen molar-refractivity contribution in [1.82, 2.24) is 15.4 Å². The zero-order valence-electron chi connectivity index (χ0n) is 10.7. The van der Waals surface area contributed by atoms with Gasteiger partial charge < -0.3 is 4.98 Å². The number of hydrogen-bond donors (Lipinski definition) is 3. The van der Waals surface area contributed by atoms with E-state index >= 15 is 0 Å². The largest absolute Gasteiger partial charge is 0.335 e. The van der Waals surface area contributed by atoms with Gasteiger partial charge in [0.15, 0.2) is 4.77 Å². The zero-order valence-corrected chi connectivity index (χ0v) is 11.5. The molecule has 0 fully saturated rings. The van der Waals surface area contributed by atoms with E-state index in [-0.39, 0.29) is 22.6 Å². The van der Waals surface area contributed by atoms with Crippen LogP contribution in [0.5, 0.6) is 0 Å². The second-order valence-corrected chi connectivity index (χ2v) is 4.55. The monoisotopic (exact) mass is 306 g/mol. The third kappa shape index (κ3) is 4.77. The number of H-pyrrole nitrogens is 2. The highest BCUT2D eigenvalue weighted by molar-refractivity contribution is 7.71. The van der Waals surface area contributed by atoms with Crippen molar-refractivity contribution in [1.29, 1.82) is 0 Å². The summed E-state index contributed by atoms with van der Waals surface area (Å²) >= 11 is 4.80. The van der Waals surface area contributed by atoms with Crippen LogP contribution >= 0.6 is 12.2 Å². The van der Waals surface area contributed by atoms with Crippen LogP contribution in [0.1, 0.15) is 11.3 Å². The van der Waals surface area contributed by atoms with Crippen molar-refractivity contribution >= 4 is 24.3 Å². The van der Waals surface area contributed by atoms with E-state index in [4.69, 9.17) is 12.2 Å². The number of hydrazone groups is 1. The van der Waals surface area contributed by atoms with Gasteiger partial charge in [-0.2, -0.15) is 5.10 Å². The van der Waals surface area contributed by atoms with Gasteiger partial charge in [-0.3, -0.25) is 14.6 Å². The fourth-order valence-corrected chi connectivity index (χ4v) is 1.82. The second-order valence-electron chi connectivity index (χ2n) is 4.14. The topological polar surface area (TPSA) is 90.1 Å². The number of benzene rings is 1. The van der Waals surface area contributed by atoms with Gasteiger partial charge in [0.2, 0.25) is 5.91 Å². The average Bonchev–Trinajstić information content (AvgIpc) is 2.37. The van der Waals surface area contributed by atoms with E-state index in [0.29, 0.717) is 11.3 Å². The van der Waals surface area contributed by atoms with Gasteiger partial charge in [0.25, 0.3) is 5.56 Å². The van der Waals surface area contributed by atoms with Gasteiger partial charge in [-0.25, -0.2) is 9.82 Å². The Hall–Kier alpha value is -2.61. The SMILES string of the molecule is O=C(Cc1cc(=O)[nH]c(=S)[nH]1)N/N=C\c1cccc(F)c1. The molecule has 0 spiro atoms. The molecular weight excluding hydrogens is 295 g/mol. The summed E-state index contributed by atoms with van der Waals surface area (Å²) in [5.41, 5.74) is 2.79. The number of hydrogen-bond acceptors (Lipinski definition) is 4. The Balaban J connectivity index is 1.96. The highest BCUT2D eigenvalue weighted by atomic mass is 32.1. The van der Waals surface area contributed by atoms with Crippen LogP contribution < -0.4 is 11.0 Å². The minimum atomic E-state index is -0.432. The van der Waals surface area contributed by atoms with Crippen molar-refractivity contribution in [3.05, 3.63) is 62.5 Å². The molecule has 1 aromatic carbocycles. The molecule has 2 aromatic rings. The van der Waals surface area contributed by atoms with Crippen molar-refractivity contribution in [3.8, 4) is 0 Å². The molecule has 0 saturated heterocycles. The third-order valence-corrected chi connectivity index (χ3v) is 2.62. The summed E-state index contributed by atoms with van der Waals surface area (Å²) in [4.78, 5) is 27.9. The molecule has 0 aliphatic rings. The Morgan fingerprint density at radius 1 is 1.38 bits per heavy atom. The molecule has 8 heteroatoms. The lowest BCUT2D eigenvalue weighted by Gasteiger charge is -2.00. The number of aromatic nitrogens is 2. The first-order chi connectivity index (χ1) is 10.0. The van der Waals surface area contributed by atoms with E-state index in [0.717, 1.165) is 0 Å². The summed E-state index contributed by atoms with van der Waals surface area (Å²) in [5.74, 6) is -0.819. The number of aromatic amines is 2. The number of nitrogens with zero attached hydrogens (tertiary/aromatic N) is 1. The summed E-state index contributed by atoms with van der Waals surface area (Å²) < 4.78 is 13.1. The molecule has 0 radical (unpaired) electrons. The second kappa shape index (κ2) is 6.71. The third-order valence-electron chi connectivity index (χ3n) is 2.42. The first-order valence-corrected chi connectivity index (χ1v) is 6.34. The van der Waals surface area contributed by atoms with Gasteiger partial charge in [-0.05, 0) is 29.9 Å². The van der Waals surface area contributed by atoms with Crippen LogP contribution in [0.3, 0.4) is 0 Å². The average molecular weight is 306 g/mol. The number of amides is 1. The summed E-state index contributed by atoms with van der Waals surface area (Å²) in [7, 11) is 0. The van der Waals surface area contributed by atoms with Crippen molar-refractivity contribution < 1.29 is 9.18 Å². The first kappa shape index (κ1) is 14.8. The quantitative estimate of drug-likeness (QED) is 0.451. The number of carbonyl (C=O) groups is 1. The molecule has 0 aliphatic heterocycles. The zero-order chi connectivity index (χ0) is 15.2. The van der Waals surface area contributed by atoms with Crippen molar-refractivity contribution in [2.24, 2.45) is 5.10 Å². The lowest BCUT2D eigenvalue weighted by atomic mass is 10.2. The molecule has 3 N–H and O–H groups in total. The van der Waals surface area contributed by atoms with Crippen molar-refractivity contribution in [2.45, 2.75) is 6.42 Å². The smallest absolute Gasteiger partial charge is 0.251 e. The molecule has 0 saturated carbocycles. The molecule has 108 valence electrons. The molecule has 6 nitrogen and oxygen atoms in total. The van der Waals surface area contributed by atoms with Gasteiger partial charge in [0.05, 0.1) is 12.6 Å². The number of carbonyl (C=O) groups excluding carboxylic acids is 1. The molecule has 0 bridgehead atoms. The number of nitrogens with one attached hydrogen (secondary N) is 3. The fraction of sp³-hybridized carbons (Fsp3) is 0.0769. The molecule has 1 heterocycles. The highest BCUT2D eigenvalue weighted by Gasteiger charge is 2.03. The van der Waals surface area contributed by atoms with Gasteiger partial charge >= 0.3 is 0 Å². The normalized spacial score (nSPS) is 10.7. The maximum absolute atomic E-state index is 12.9. The van der Waals surface area contributed by atoms with E-state index in [1.54, 1.807) is 6.07 Å². The molecular formula is C13H11FN4O2S. The van der Waals surface area contributed by atoms with Crippen LogP contribution in [0, 0.1) is 10.6 Å². The minimum Gasteiger partial charge on any atom is -0.335 e. The summed E-state index contributed by atoms with van der Waals surface area (Å²) in [6, 6.07) is 7.02. The van der Waals surface area contributed by atoms with E-state index in [2.05, 4.69) is 20.5 Å². The van der Waals surface area contributed by atoms with Crippen LogP contribution in [-0.4, -0.2) is 22.1 Å². The molecule has 1 aromatic heterocycles. The fourth-order valence-electron chi connectivity index (χ4n) is 1.59. The Kier molecular flexibility index (Phi) is 4.72. The summed E-state index contributed by atoms with van der Waals surface area (Å²) in [5, 5.41) is 3.71. The van der Waals surface area contributed by atoms with Crippen LogP contribution in [0.25, 0.3) is 0 Å². The van der Waals surface area contributed by atoms with E-state index in [1.807, 2.05) is 0 Å². The van der Waals surface area contributed by atoms with Gasteiger partial charge in [-0.1, -0.05) is 12.1 Å². The van der Waals surface area contributed by atoms with Crippen LogP contribution in [-0.2, 0) is 11.2 Å². The minimum absolute atomic E-state index is 0.0753. The molecule has 1 amide bonds. The predicted octanol–water partition coefficient (Wildman–Crippen LogP) is 1.26. The van der Waals surface area contributed by atoms with Crippen molar-refractivity contribution in [3.63, 3.8) is 0 Å². The van der Waals surface area contributed by atoms with E-state index in [9.17, 15) is 14.0 Å². The molecule has 0 aliphatic carbocycles. The standard InChI is InChI=1S/C13H11FN4O2S/c14-9-3-1-2-8(4-9)7-15-18-12(20)6-10-5-11(19)17-13(21)16-10/h1-5,7H,6H2,(H,18,20)(H2,16,17,19,21)/b15-7-. The maximum atomic E-state index is 12.9. The lowest BCUT2D eigenvalue weighted by molar-refractivity contribution is -0.120. The Labute approximate surface area is 123 Å². The van der Waals surface area contributed by atoms with Crippen molar-refractivity contribution in [2.75, 3.05) is 0 Å². The van der Waals surface area contributed by atoms with E-state index in [1.165, 1.54) is 30.5 Å². The lowest BCUT2D eigenvalue weighted by Crippen LogP contribution is -2.21. The number of rotatable bonds is 4. The van der Waals surface area contributed by atoms with Crippen LogP contribution in [0.4, 0.5) is 4.39 Å². The Morgan fingerprint density at radius 2 is 2.19 bits per heavy atom. The Bertz CT molecular complexity index is 769. The van der Waals surface area contributed by atoms with E-state index < -0.39 is 5.91 Å². The van der Waals surface area contributed by atoms with Gasteiger partial charge in [-0.15, -0.1) is 0 Å².